The van der Waals surface area contributed by atoms with Gasteiger partial charge in [-0.05, 0) is 35.0 Å². The molecule has 0 saturated carbocycles. The van der Waals surface area contributed by atoms with Crippen LogP contribution < -0.4 is 0 Å². The Morgan fingerprint density at radius 2 is 2.15 bits per heavy atom. The van der Waals surface area contributed by atoms with E-state index in [1.165, 1.54) is 19.1 Å². The van der Waals surface area contributed by atoms with Crippen LogP contribution in [-0.4, -0.2) is 12.1 Å². The molecule has 0 aliphatic heterocycles. The van der Waals surface area contributed by atoms with E-state index < -0.39 is 0 Å². The highest BCUT2D eigenvalue weighted by Gasteiger charge is 2.10. The minimum absolute atomic E-state index is 0.127. The largest absolute Gasteiger partial charge is 0.298 e. The number of benzene rings is 1. The zero-order valence-electron chi connectivity index (χ0n) is 6.80. The summed E-state index contributed by atoms with van der Waals surface area (Å²) < 4.78 is 0.535. The number of halogens is 2. The van der Waals surface area contributed by atoms with Gasteiger partial charge >= 0.3 is 0 Å². The Kier molecular flexibility index (Phi) is 3.22. The fraction of sp³-hybridized carbons (Fsp3) is 0.111. The van der Waals surface area contributed by atoms with E-state index in [0.717, 1.165) is 0 Å². The minimum atomic E-state index is -0.127. The second-order valence-electron chi connectivity index (χ2n) is 2.54. The van der Waals surface area contributed by atoms with Gasteiger partial charge in [-0.2, -0.15) is 0 Å². The van der Waals surface area contributed by atoms with Gasteiger partial charge in [-0.3, -0.25) is 9.59 Å². The van der Waals surface area contributed by atoms with Crippen LogP contribution >= 0.6 is 27.5 Å². The summed E-state index contributed by atoms with van der Waals surface area (Å²) in [7, 11) is 0. The molecule has 0 fully saturated rings. The molecule has 1 aromatic rings. The molecule has 0 N–H and O–H groups in total. The SMILES string of the molecule is CC(=O)c1cc(C=O)cc(Cl)c1Br. The fourth-order valence-corrected chi connectivity index (χ4v) is 1.67. The van der Waals surface area contributed by atoms with Crippen molar-refractivity contribution in [1.82, 2.24) is 0 Å². The van der Waals surface area contributed by atoms with E-state index in [1.807, 2.05) is 0 Å². The van der Waals surface area contributed by atoms with Gasteiger partial charge in [0.1, 0.15) is 6.29 Å². The van der Waals surface area contributed by atoms with Gasteiger partial charge in [0, 0.05) is 15.6 Å². The maximum Gasteiger partial charge on any atom is 0.161 e. The second-order valence-corrected chi connectivity index (χ2v) is 3.74. The number of carbonyl (C=O) groups excluding carboxylic acids is 2. The molecule has 0 unspecified atom stereocenters. The summed E-state index contributed by atoms with van der Waals surface area (Å²) in [6.45, 7) is 1.42. The van der Waals surface area contributed by atoms with Gasteiger partial charge in [0.2, 0.25) is 0 Å². The maximum absolute atomic E-state index is 11.1. The number of aldehydes is 1. The summed E-state index contributed by atoms with van der Waals surface area (Å²) in [6.07, 6.45) is 0.658. The number of ketones is 1. The molecule has 0 aromatic heterocycles. The first-order valence-electron chi connectivity index (χ1n) is 3.51. The number of rotatable bonds is 2. The molecular weight excluding hydrogens is 255 g/mol. The highest BCUT2D eigenvalue weighted by atomic mass is 79.9. The predicted octanol–water partition coefficient (Wildman–Crippen LogP) is 3.12. The predicted molar refractivity (Wildman–Crippen MR) is 54.5 cm³/mol. The lowest BCUT2D eigenvalue weighted by Gasteiger charge is -2.03. The van der Waals surface area contributed by atoms with Crippen LogP contribution in [0.15, 0.2) is 16.6 Å². The first kappa shape index (κ1) is 10.4. The molecule has 0 bridgehead atoms. The molecule has 13 heavy (non-hydrogen) atoms. The van der Waals surface area contributed by atoms with Crippen molar-refractivity contribution in [2.24, 2.45) is 0 Å². The molecule has 0 atom stereocenters. The average Bonchev–Trinajstić information content (AvgIpc) is 2.09. The van der Waals surface area contributed by atoms with Crippen LogP contribution in [0.1, 0.15) is 27.6 Å². The zero-order chi connectivity index (χ0) is 10.0. The standard InChI is InChI=1S/C9H6BrClO2/c1-5(13)7-2-6(4-12)3-8(11)9(7)10/h2-4H,1H3. The molecule has 1 rings (SSSR count). The Hall–Kier alpha value is -0.670. The Bertz CT molecular complexity index is 374. The molecule has 68 valence electrons. The average molecular weight is 262 g/mol. The molecule has 0 aliphatic carbocycles. The summed E-state index contributed by atoms with van der Waals surface area (Å²) >= 11 is 8.96. The van der Waals surface area contributed by atoms with E-state index in [2.05, 4.69) is 15.9 Å². The third kappa shape index (κ3) is 2.17. The Labute approximate surface area is 89.0 Å². The lowest BCUT2D eigenvalue weighted by molar-refractivity contribution is 0.101. The normalized spacial score (nSPS) is 9.77. The summed E-state index contributed by atoms with van der Waals surface area (Å²) in [5.74, 6) is -0.127. The highest BCUT2D eigenvalue weighted by molar-refractivity contribution is 9.10. The van der Waals surface area contributed by atoms with Crippen molar-refractivity contribution in [3.8, 4) is 0 Å². The molecule has 1 aromatic carbocycles. The summed E-state index contributed by atoms with van der Waals surface area (Å²) in [4.78, 5) is 21.5. The van der Waals surface area contributed by atoms with E-state index in [-0.39, 0.29) is 5.78 Å². The molecule has 4 heteroatoms. The van der Waals surface area contributed by atoms with Gasteiger partial charge in [0.25, 0.3) is 0 Å². The lowest BCUT2D eigenvalue weighted by Crippen LogP contribution is -1.96. The minimum Gasteiger partial charge on any atom is -0.298 e. The van der Waals surface area contributed by atoms with Crippen molar-refractivity contribution >= 4 is 39.6 Å². The maximum atomic E-state index is 11.1. The van der Waals surface area contributed by atoms with Crippen molar-refractivity contribution in [3.63, 3.8) is 0 Å². The zero-order valence-corrected chi connectivity index (χ0v) is 9.15. The van der Waals surface area contributed by atoms with E-state index in [1.54, 1.807) is 0 Å². The molecule has 0 heterocycles. The first-order valence-corrected chi connectivity index (χ1v) is 4.68. The first-order chi connectivity index (χ1) is 6.06. The van der Waals surface area contributed by atoms with Gasteiger partial charge < -0.3 is 0 Å². The van der Waals surface area contributed by atoms with Gasteiger partial charge in [0.15, 0.2) is 5.78 Å². The number of hydrogen-bond acceptors (Lipinski definition) is 2. The van der Waals surface area contributed by atoms with Crippen molar-refractivity contribution in [2.75, 3.05) is 0 Å². The second kappa shape index (κ2) is 4.03. The molecule has 0 aliphatic rings. The van der Waals surface area contributed by atoms with Crippen LogP contribution in [0.5, 0.6) is 0 Å². The van der Waals surface area contributed by atoms with Gasteiger partial charge in [-0.1, -0.05) is 11.6 Å². The lowest BCUT2D eigenvalue weighted by atomic mass is 10.1. The van der Waals surface area contributed by atoms with E-state index in [0.29, 0.717) is 26.9 Å². The fourth-order valence-electron chi connectivity index (χ4n) is 0.934. The number of Topliss-reactive ketones (excluding diaryl/α,β-unsaturated/α-hetero) is 1. The molecule has 0 saturated heterocycles. The van der Waals surface area contributed by atoms with Crippen LogP contribution in [0.2, 0.25) is 5.02 Å². The highest BCUT2D eigenvalue weighted by Crippen LogP contribution is 2.27. The monoisotopic (exact) mass is 260 g/mol. The molecule has 0 spiro atoms. The summed E-state index contributed by atoms with van der Waals surface area (Å²) in [5, 5.41) is 0.370. The quantitative estimate of drug-likeness (QED) is 0.605. The number of carbonyl (C=O) groups is 2. The Morgan fingerprint density at radius 3 is 2.62 bits per heavy atom. The molecule has 2 nitrogen and oxygen atoms in total. The number of hydrogen-bond donors (Lipinski definition) is 0. The Morgan fingerprint density at radius 1 is 1.54 bits per heavy atom. The third-order valence-electron chi connectivity index (χ3n) is 1.57. The van der Waals surface area contributed by atoms with Gasteiger partial charge in [-0.15, -0.1) is 0 Å². The van der Waals surface area contributed by atoms with E-state index >= 15 is 0 Å². The van der Waals surface area contributed by atoms with Crippen molar-refractivity contribution in [2.45, 2.75) is 6.92 Å². The summed E-state index contributed by atoms with van der Waals surface area (Å²) in [6, 6.07) is 3.01. The van der Waals surface area contributed by atoms with Crippen LogP contribution in [0.4, 0.5) is 0 Å². The molecule has 0 radical (unpaired) electrons. The van der Waals surface area contributed by atoms with Crippen molar-refractivity contribution < 1.29 is 9.59 Å². The van der Waals surface area contributed by atoms with E-state index in [4.69, 9.17) is 11.6 Å². The van der Waals surface area contributed by atoms with E-state index in [9.17, 15) is 9.59 Å². The van der Waals surface area contributed by atoms with Crippen LogP contribution in [0.25, 0.3) is 0 Å². The van der Waals surface area contributed by atoms with Crippen LogP contribution in [-0.2, 0) is 0 Å². The van der Waals surface area contributed by atoms with Crippen molar-refractivity contribution in [3.05, 3.63) is 32.8 Å². The molecular formula is C9H6BrClO2. The van der Waals surface area contributed by atoms with Crippen LogP contribution in [0, 0.1) is 0 Å². The van der Waals surface area contributed by atoms with Gasteiger partial charge in [0.05, 0.1) is 5.02 Å². The third-order valence-corrected chi connectivity index (χ3v) is 2.95. The molecule has 0 amide bonds. The van der Waals surface area contributed by atoms with Crippen LogP contribution in [0.3, 0.4) is 0 Å². The summed E-state index contributed by atoms with van der Waals surface area (Å²) in [5.41, 5.74) is 0.827. The van der Waals surface area contributed by atoms with Gasteiger partial charge in [-0.25, -0.2) is 0 Å². The Balaban J connectivity index is 3.41. The van der Waals surface area contributed by atoms with Crippen molar-refractivity contribution in [1.29, 1.82) is 0 Å². The smallest absolute Gasteiger partial charge is 0.161 e. The topological polar surface area (TPSA) is 34.1 Å².